The van der Waals surface area contributed by atoms with Gasteiger partial charge in [-0.2, -0.15) is 0 Å². The third-order valence-corrected chi connectivity index (χ3v) is 6.62. The highest BCUT2D eigenvalue weighted by molar-refractivity contribution is 7.22. The minimum absolute atomic E-state index is 0.124. The first kappa shape index (κ1) is 20.3. The van der Waals surface area contributed by atoms with Crippen LogP contribution in [0.25, 0.3) is 10.2 Å². The fourth-order valence-electron chi connectivity index (χ4n) is 3.57. The Morgan fingerprint density at radius 1 is 1.00 bits per heavy atom. The van der Waals surface area contributed by atoms with Gasteiger partial charge in [-0.1, -0.05) is 23.5 Å². The van der Waals surface area contributed by atoms with Crippen LogP contribution >= 0.6 is 11.3 Å². The second-order valence-electron chi connectivity index (χ2n) is 7.38. The van der Waals surface area contributed by atoms with Gasteiger partial charge in [-0.3, -0.25) is 0 Å². The van der Waals surface area contributed by atoms with Crippen molar-refractivity contribution in [1.82, 2.24) is 9.88 Å². The maximum absolute atomic E-state index is 12.7. The van der Waals surface area contributed by atoms with Crippen molar-refractivity contribution in [3.8, 4) is 11.5 Å². The summed E-state index contributed by atoms with van der Waals surface area (Å²) in [4.78, 5) is 21.7. The van der Waals surface area contributed by atoms with Crippen molar-refractivity contribution in [2.24, 2.45) is 0 Å². The molecule has 0 spiro atoms. The molecule has 2 amide bonds. The summed E-state index contributed by atoms with van der Waals surface area (Å²) in [5.41, 5.74) is 4.19. The fraction of sp³-hybridized carbons (Fsp3) is 0.364. The van der Waals surface area contributed by atoms with Gasteiger partial charge in [0.1, 0.15) is 11.5 Å². The Bertz CT molecular complexity index is 1010. The average molecular weight is 427 g/mol. The number of amides is 2. The summed E-state index contributed by atoms with van der Waals surface area (Å²) in [6.45, 7) is 7.02. The van der Waals surface area contributed by atoms with E-state index in [1.54, 1.807) is 43.8 Å². The third-order valence-electron chi connectivity index (χ3n) is 5.37. The number of hydrogen-bond donors (Lipinski definition) is 1. The molecule has 30 heavy (non-hydrogen) atoms. The molecular weight excluding hydrogens is 400 g/mol. The Hall–Kier alpha value is -3.00. The number of rotatable bonds is 4. The van der Waals surface area contributed by atoms with Gasteiger partial charge < -0.3 is 24.6 Å². The van der Waals surface area contributed by atoms with Gasteiger partial charge in [0.25, 0.3) is 0 Å². The van der Waals surface area contributed by atoms with Crippen molar-refractivity contribution in [3.63, 3.8) is 0 Å². The first-order valence-electron chi connectivity index (χ1n) is 9.89. The maximum Gasteiger partial charge on any atom is 0.321 e. The van der Waals surface area contributed by atoms with Crippen LogP contribution in [0.4, 0.5) is 15.6 Å². The Balaban J connectivity index is 1.42. The van der Waals surface area contributed by atoms with Gasteiger partial charge in [-0.05, 0) is 25.0 Å². The van der Waals surface area contributed by atoms with E-state index in [0.29, 0.717) is 30.3 Å². The highest BCUT2D eigenvalue weighted by Gasteiger charge is 2.24. The number of fused-ring (bicyclic) bond motifs is 1. The number of carbonyl (C=O) groups excluding carboxylic acids is 1. The molecule has 1 saturated heterocycles. The average Bonchev–Trinajstić information content (AvgIpc) is 3.23. The lowest BCUT2D eigenvalue weighted by atomic mass is 10.1. The number of aryl methyl sites for hydroxylation is 2. The lowest BCUT2D eigenvalue weighted by molar-refractivity contribution is 0.208. The number of nitrogens with zero attached hydrogens (tertiary/aromatic N) is 3. The lowest BCUT2D eigenvalue weighted by Gasteiger charge is -2.34. The molecule has 3 aromatic rings. The van der Waals surface area contributed by atoms with E-state index in [1.165, 1.54) is 15.8 Å². The summed E-state index contributed by atoms with van der Waals surface area (Å²) in [5, 5.41) is 3.98. The monoisotopic (exact) mass is 426 g/mol. The number of piperazine rings is 1. The molecule has 1 aliphatic rings. The van der Waals surface area contributed by atoms with Crippen LogP contribution in [0.2, 0.25) is 0 Å². The van der Waals surface area contributed by atoms with Crippen molar-refractivity contribution in [2.45, 2.75) is 13.8 Å². The number of carbonyl (C=O) groups is 1. The summed E-state index contributed by atoms with van der Waals surface area (Å²) in [5.74, 6) is 1.27. The maximum atomic E-state index is 12.7. The Morgan fingerprint density at radius 3 is 2.23 bits per heavy atom. The smallest absolute Gasteiger partial charge is 0.321 e. The van der Waals surface area contributed by atoms with Crippen LogP contribution in [0, 0.1) is 13.8 Å². The standard InChI is InChI=1S/C22H26N4O3S/c1-14-5-6-15(2)20-19(14)24-22(30-20)26-9-7-25(8-10-26)21(27)23-16-11-17(28-3)13-18(12-16)29-4/h5-6,11-13H,7-10H2,1-4H3,(H,23,27). The van der Waals surface area contributed by atoms with Crippen LogP contribution in [0.1, 0.15) is 11.1 Å². The molecule has 1 aromatic heterocycles. The highest BCUT2D eigenvalue weighted by atomic mass is 32.1. The van der Waals surface area contributed by atoms with Crippen molar-refractivity contribution >= 4 is 38.4 Å². The van der Waals surface area contributed by atoms with E-state index < -0.39 is 0 Å². The molecule has 2 heterocycles. The molecule has 0 radical (unpaired) electrons. The van der Waals surface area contributed by atoms with Crippen molar-refractivity contribution < 1.29 is 14.3 Å². The molecule has 1 N–H and O–H groups in total. The summed E-state index contributed by atoms with van der Waals surface area (Å²) in [6.07, 6.45) is 0. The predicted octanol–water partition coefficient (Wildman–Crippen LogP) is 4.28. The first-order valence-corrected chi connectivity index (χ1v) is 10.7. The van der Waals surface area contributed by atoms with Gasteiger partial charge in [0.05, 0.1) is 24.4 Å². The minimum Gasteiger partial charge on any atom is -0.497 e. The molecular formula is C22H26N4O3S. The topological polar surface area (TPSA) is 66.9 Å². The van der Waals surface area contributed by atoms with Gasteiger partial charge in [0, 0.05) is 50.1 Å². The van der Waals surface area contributed by atoms with E-state index in [1.807, 2.05) is 4.90 Å². The van der Waals surface area contributed by atoms with Crippen molar-refractivity contribution in [1.29, 1.82) is 0 Å². The SMILES string of the molecule is COc1cc(NC(=O)N2CCN(c3nc4c(C)ccc(C)c4s3)CC2)cc(OC)c1. The molecule has 4 rings (SSSR count). The highest BCUT2D eigenvalue weighted by Crippen LogP contribution is 2.33. The largest absolute Gasteiger partial charge is 0.497 e. The number of urea groups is 1. The summed E-state index contributed by atoms with van der Waals surface area (Å²) >= 11 is 1.73. The Morgan fingerprint density at radius 2 is 1.63 bits per heavy atom. The van der Waals surface area contributed by atoms with E-state index in [-0.39, 0.29) is 6.03 Å². The van der Waals surface area contributed by atoms with Gasteiger partial charge >= 0.3 is 6.03 Å². The van der Waals surface area contributed by atoms with Crippen LogP contribution < -0.4 is 19.7 Å². The van der Waals surface area contributed by atoms with Crippen LogP contribution in [0.3, 0.4) is 0 Å². The number of thiazole rings is 1. The minimum atomic E-state index is -0.124. The Kier molecular flexibility index (Phi) is 5.67. The molecule has 1 aliphatic heterocycles. The fourth-order valence-corrected chi connectivity index (χ4v) is 4.73. The van der Waals surface area contributed by atoms with E-state index in [4.69, 9.17) is 14.5 Å². The van der Waals surface area contributed by atoms with Crippen molar-refractivity contribution in [2.75, 3.05) is 50.6 Å². The Labute approximate surface area is 180 Å². The summed E-state index contributed by atoms with van der Waals surface area (Å²) in [6, 6.07) is 9.48. The molecule has 0 aliphatic carbocycles. The zero-order valence-corrected chi connectivity index (χ0v) is 18.5. The van der Waals surface area contributed by atoms with Gasteiger partial charge in [0.15, 0.2) is 5.13 Å². The molecule has 0 bridgehead atoms. The van der Waals surface area contributed by atoms with Crippen LogP contribution in [-0.2, 0) is 0 Å². The quantitative estimate of drug-likeness (QED) is 0.674. The number of aromatic nitrogens is 1. The second-order valence-corrected chi connectivity index (χ2v) is 8.36. The summed E-state index contributed by atoms with van der Waals surface area (Å²) in [7, 11) is 3.18. The molecule has 2 aromatic carbocycles. The number of hydrogen-bond acceptors (Lipinski definition) is 6. The zero-order chi connectivity index (χ0) is 21.3. The number of nitrogens with one attached hydrogen (secondary N) is 1. The predicted molar refractivity (Wildman–Crippen MR) is 121 cm³/mol. The van der Waals surface area contributed by atoms with Crippen LogP contribution in [0.15, 0.2) is 30.3 Å². The molecule has 1 fully saturated rings. The second kappa shape index (κ2) is 8.39. The molecule has 7 nitrogen and oxygen atoms in total. The lowest BCUT2D eigenvalue weighted by Crippen LogP contribution is -2.50. The van der Waals surface area contributed by atoms with Gasteiger partial charge in [0.2, 0.25) is 0 Å². The molecule has 0 atom stereocenters. The van der Waals surface area contributed by atoms with E-state index in [2.05, 4.69) is 36.2 Å². The first-order chi connectivity index (χ1) is 14.5. The number of anilines is 2. The summed E-state index contributed by atoms with van der Waals surface area (Å²) < 4.78 is 11.8. The van der Waals surface area contributed by atoms with E-state index in [0.717, 1.165) is 23.7 Å². The molecule has 0 unspecified atom stereocenters. The molecule has 158 valence electrons. The third kappa shape index (κ3) is 4.00. The number of benzene rings is 2. The van der Waals surface area contributed by atoms with Crippen LogP contribution in [0.5, 0.6) is 11.5 Å². The zero-order valence-electron chi connectivity index (χ0n) is 17.7. The van der Waals surface area contributed by atoms with Gasteiger partial charge in [-0.15, -0.1) is 0 Å². The number of methoxy groups -OCH3 is 2. The molecule has 0 saturated carbocycles. The van der Waals surface area contributed by atoms with Crippen LogP contribution in [-0.4, -0.2) is 56.3 Å². The van der Waals surface area contributed by atoms with E-state index >= 15 is 0 Å². The number of ether oxygens (including phenoxy) is 2. The normalized spacial score (nSPS) is 14.1. The van der Waals surface area contributed by atoms with E-state index in [9.17, 15) is 4.79 Å². The van der Waals surface area contributed by atoms with Gasteiger partial charge in [-0.25, -0.2) is 9.78 Å². The molecule has 8 heteroatoms. The van der Waals surface area contributed by atoms with Crippen molar-refractivity contribution in [3.05, 3.63) is 41.5 Å².